The number of amides is 2. The third-order valence-electron chi connectivity index (χ3n) is 3.18. The molecule has 0 aromatic heterocycles. The number of carbonyl (C=O) groups is 2. The second-order valence-corrected chi connectivity index (χ2v) is 4.74. The quantitative estimate of drug-likeness (QED) is 0.621. The van der Waals surface area contributed by atoms with Gasteiger partial charge < -0.3 is 21.3 Å². The summed E-state index contributed by atoms with van der Waals surface area (Å²) in [5.41, 5.74) is 6.39. The molecular formula is C16H16N2O4. The van der Waals surface area contributed by atoms with Crippen LogP contribution in [-0.2, 0) is 6.42 Å². The van der Waals surface area contributed by atoms with Crippen LogP contribution >= 0.6 is 0 Å². The van der Waals surface area contributed by atoms with Gasteiger partial charge >= 0.3 is 0 Å². The number of phenols is 2. The molecular weight excluding hydrogens is 284 g/mol. The van der Waals surface area contributed by atoms with E-state index in [4.69, 9.17) is 5.73 Å². The molecule has 2 rings (SSSR count). The molecule has 0 heterocycles. The third kappa shape index (κ3) is 3.54. The maximum atomic E-state index is 12.1. The van der Waals surface area contributed by atoms with Crippen LogP contribution in [0.5, 0.6) is 11.5 Å². The van der Waals surface area contributed by atoms with E-state index >= 15 is 0 Å². The molecule has 0 bridgehead atoms. The molecule has 0 unspecified atom stereocenters. The molecule has 22 heavy (non-hydrogen) atoms. The highest BCUT2D eigenvalue weighted by Crippen LogP contribution is 2.24. The van der Waals surface area contributed by atoms with Crippen LogP contribution in [0.25, 0.3) is 0 Å². The van der Waals surface area contributed by atoms with Crippen molar-refractivity contribution in [3.63, 3.8) is 0 Å². The number of aromatic hydroxyl groups is 2. The number of hydrogen-bond acceptors (Lipinski definition) is 4. The zero-order chi connectivity index (χ0) is 16.1. The lowest BCUT2D eigenvalue weighted by Gasteiger charge is -2.08. The number of benzene rings is 2. The lowest BCUT2D eigenvalue weighted by atomic mass is 10.1. The SMILES string of the molecule is NC(=O)c1ccccc1C(=O)NCCc1ccc(O)c(O)c1. The number of rotatable bonds is 5. The average molecular weight is 300 g/mol. The lowest BCUT2D eigenvalue weighted by molar-refractivity contribution is 0.0936. The summed E-state index contributed by atoms with van der Waals surface area (Å²) in [6.07, 6.45) is 0.471. The minimum atomic E-state index is -0.658. The molecule has 0 saturated heterocycles. The standard InChI is InChI=1S/C16H16N2O4/c17-15(21)11-3-1-2-4-12(11)16(22)18-8-7-10-5-6-13(19)14(20)9-10/h1-6,9,19-20H,7-8H2,(H2,17,21)(H,18,22). The molecule has 0 radical (unpaired) electrons. The summed E-state index contributed by atoms with van der Waals surface area (Å²) in [6.45, 7) is 0.316. The number of primary amides is 1. The Kier molecular flexibility index (Phi) is 4.63. The van der Waals surface area contributed by atoms with E-state index in [1.807, 2.05) is 0 Å². The Balaban J connectivity index is 1.98. The zero-order valence-electron chi connectivity index (χ0n) is 11.7. The predicted octanol–water partition coefficient (Wildman–Crippen LogP) is 1.17. The molecule has 0 saturated carbocycles. The van der Waals surface area contributed by atoms with E-state index in [9.17, 15) is 19.8 Å². The van der Waals surface area contributed by atoms with Gasteiger partial charge in [0.15, 0.2) is 11.5 Å². The van der Waals surface area contributed by atoms with Gasteiger partial charge in [0.25, 0.3) is 5.91 Å². The molecule has 0 fully saturated rings. The molecule has 2 aromatic carbocycles. The van der Waals surface area contributed by atoms with E-state index in [1.54, 1.807) is 18.2 Å². The molecule has 2 aromatic rings. The van der Waals surface area contributed by atoms with Gasteiger partial charge in [0.05, 0.1) is 11.1 Å². The van der Waals surface area contributed by atoms with E-state index in [1.165, 1.54) is 24.3 Å². The van der Waals surface area contributed by atoms with Crippen LogP contribution in [0.1, 0.15) is 26.3 Å². The van der Waals surface area contributed by atoms with E-state index in [0.29, 0.717) is 13.0 Å². The summed E-state index contributed by atoms with van der Waals surface area (Å²) in [5.74, 6) is -1.45. The lowest BCUT2D eigenvalue weighted by Crippen LogP contribution is -2.28. The van der Waals surface area contributed by atoms with Crippen molar-refractivity contribution in [2.24, 2.45) is 5.73 Å². The van der Waals surface area contributed by atoms with Gasteiger partial charge in [-0.05, 0) is 36.2 Å². The molecule has 114 valence electrons. The first-order chi connectivity index (χ1) is 10.5. The fourth-order valence-corrected chi connectivity index (χ4v) is 2.04. The summed E-state index contributed by atoms with van der Waals surface area (Å²) in [7, 11) is 0. The Bertz CT molecular complexity index is 713. The van der Waals surface area contributed by atoms with Crippen molar-refractivity contribution >= 4 is 11.8 Å². The first-order valence-corrected chi connectivity index (χ1v) is 6.67. The molecule has 0 aliphatic rings. The summed E-state index contributed by atoms with van der Waals surface area (Å²) in [5, 5.41) is 21.3. The van der Waals surface area contributed by atoms with Crippen molar-refractivity contribution in [1.82, 2.24) is 5.32 Å². The van der Waals surface area contributed by atoms with Crippen molar-refractivity contribution in [2.75, 3.05) is 6.54 Å². The van der Waals surface area contributed by atoms with Crippen molar-refractivity contribution in [1.29, 1.82) is 0 Å². The second kappa shape index (κ2) is 6.62. The number of carbonyl (C=O) groups excluding carboxylic acids is 2. The number of nitrogens with two attached hydrogens (primary N) is 1. The molecule has 0 aliphatic carbocycles. The minimum absolute atomic E-state index is 0.169. The Labute approximate surface area is 127 Å². The van der Waals surface area contributed by atoms with Crippen molar-refractivity contribution in [3.05, 3.63) is 59.2 Å². The fourth-order valence-electron chi connectivity index (χ4n) is 2.04. The van der Waals surface area contributed by atoms with Gasteiger partial charge in [-0.1, -0.05) is 18.2 Å². The van der Waals surface area contributed by atoms with Gasteiger partial charge in [0, 0.05) is 6.54 Å². The first kappa shape index (κ1) is 15.4. The van der Waals surface area contributed by atoms with Gasteiger partial charge in [-0.3, -0.25) is 9.59 Å². The third-order valence-corrected chi connectivity index (χ3v) is 3.18. The highest BCUT2D eigenvalue weighted by Gasteiger charge is 2.13. The van der Waals surface area contributed by atoms with Crippen LogP contribution in [0.2, 0.25) is 0 Å². The fraction of sp³-hybridized carbons (Fsp3) is 0.125. The minimum Gasteiger partial charge on any atom is -0.504 e. The van der Waals surface area contributed by atoms with Gasteiger partial charge in [0.2, 0.25) is 5.91 Å². The Morgan fingerprint density at radius 1 is 1.00 bits per heavy atom. The first-order valence-electron chi connectivity index (χ1n) is 6.67. The molecule has 0 aliphatic heterocycles. The number of phenolic OH excluding ortho intramolecular Hbond substituents is 2. The second-order valence-electron chi connectivity index (χ2n) is 4.74. The van der Waals surface area contributed by atoms with Crippen molar-refractivity contribution < 1.29 is 19.8 Å². The van der Waals surface area contributed by atoms with Gasteiger partial charge in [0.1, 0.15) is 0 Å². The molecule has 2 amide bonds. The summed E-state index contributed by atoms with van der Waals surface area (Å²) < 4.78 is 0. The highest BCUT2D eigenvalue weighted by molar-refractivity contribution is 6.06. The summed E-state index contributed by atoms with van der Waals surface area (Å²) in [6, 6.07) is 10.8. The molecule has 0 spiro atoms. The van der Waals surface area contributed by atoms with Crippen molar-refractivity contribution in [3.8, 4) is 11.5 Å². The van der Waals surface area contributed by atoms with E-state index in [-0.39, 0.29) is 22.6 Å². The van der Waals surface area contributed by atoms with Crippen LogP contribution in [0.15, 0.2) is 42.5 Å². The smallest absolute Gasteiger partial charge is 0.252 e. The molecule has 5 N–H and O–H groups in total. The molecule has 0 atom stereocenters. The summed E-state index contributed by atoms with van der Waals surface area (Å²) in [4.78, 5) is 23.4. The molecule has 6 heteroatoms. The Morgan fingerprint density at radius 2 is 1.68 bits per heavy atom. The van der Waals surface area contributed by atoms with Crippen molar-refractivity contribution in [2.45, 2.75) is 6.42 Å². The number of nitrogens with one attached hydrogen (secondary N) is 1. The van der Waals surface area contributed by atoms with Gasteiger partial charge in [-0.15, -0.1) is 0 Å². The monoisotopic (exact) mass is 300 g/mol. The maximum absolute atomic E-state index is 12.1. The Morgan fingerprint density at radius 3 is 2.32 bits per heavy atom. The topological polar surface area (TPSA) is 113 Å². The maximum Gasteiger partial charge on any atom is 0.252 e. The van der Waals surface area contributed by atoms with Crippen LogP contribution in [0.4, 0.5) is 0 Å². The normalized spacial score (nSPS) is 10.2. The van der Waals surface area contributed by atoms with Gasteiger partial charge in [-0.2, -0.15) is 0 Å². The summed E-state index contributed by atoms with van der Waals surface area (Å²) >= 11 is 0. The molecule has 6 nitrogen and oxygen atoms in total. The zero-order valence-corrected chi connectivity index (χ0v) is 11.7. The van der Waals surface area contributed by atoms with Gasteiger partial charge in [-0.25, -0.2) is 0 Å². The number of hydrogen-bond donors (Lipinski definition) is 4. The van der Waals surface area contributed by atoms with Crippen LogP contribution in [0, 0.1) is 0 Å². The Hall–Kier alpha value is -3.02. The average Bonchev–Trinajstić information content (AvgIpc) is 2.50. The van der Waals surface area contributed by atoms with E-state index in [2.05, 4.69) is 5.32 Å². The van der Waals surface area contributed by atoms with Crippen LogP contribution < -0.4 is 11.1 Å². The van der Waals surface area contributed by atoms with E-state index < -0.39 is 11.8 Å². The highest BCUT2D eigenvalue weighted by atomic mass is 16.3. The van der Waals surface area contributed by atoms with Crippen LogP contribution in [0.3, 0.4) is 0 Å². The van der Waals surface area contributed by atoms with E-state index in [0.717, 1.165) is 5.56 Å². The predicted molar refractivity (Wildman–Crippen MR) is 80.8 cm³/mol. The largest absolute Gasteiger partial charge is 0.504 e. The van der Waals surface area contributed by atoms with Crippen LogP contribution in [-0.4, -0.2) is 28.6 Å².